The minimum absolute atomic E-state index is 0.0618. The molecular weight excluding hydrogens is 354 g/mol. The van der Waals surface area contributed by atoms with Crippen molar-refractivity contribution in [1.29, 1.82) is 0 Å². The summed E-state index contributed by atoms with van der Waals surface area (Å²) in [6, 6.07) is 7.50. The Morgan fingerprint density at radius 3 is 2.85 bits per heavy atom. The van der Waals surface area contributed by atoms with Gasteiger partial charge in [-0.3, -0.25) is 14.2 Å². The van der Waals surface area contributed by atoms with Crippen molar-refractivity contribution in [3.63, 3.8) is 0 Å². The molecule has 1 aromatic carbocycles. The van der Waals surface area contributed by atoms with Crippen molar-refractivity contribution in [3.8, 4) is 11.4 Å². The van der Waals surface area contributed by atoms with Crippen molar-refractivity contribution in [2.45, 2.75) is 19.0 Å². The van der Waals surface area contributed by atoms with Crippen LogP contribution in [0.4, 0.5) is 0 Å². The molecular formula is C17H23N5O3S. The van der Waals surface area contributed by atoms with E-state index in [4.69, 9.17) is 4.74 Å². The molecule has 26 heavy (non-hydrogen) atoms. The third-order valence-electron chi connectivity index (χ3n) is 3.62. The van der Waals surface area contributed by atoms with Crippen molar-refractivity contribution in [3.05, 3.63) is 30.6 Å². The lowest BCUT2D eigenvalue weighted by atomic mass is 10.3. The van der Waals surface area contributed by atoms with E-state index in [0.29, 0.717) is 18.2 Å². The van der Waals surface area contributed by atoms with Gasteiger partial charge >= 0.3 is 0 Å². The van der Waals surface area contributed by atoms with Crippen molar-refractivity contribution in [2.75, 3.05) is 32.5 Å². The fraction of sp³-hybridized carbons (Fsp3) is 0.412. The molecule has 0 radical (unpaired) electrons. The summed E-state index contributed by atoms with van der Waals surface area (Å²) in [5.74, 6) is 0.620. The van der Waals surface area contributed by atoms with Gasteiger partial charge in [-0.05, 0) is 26.0 Å². The fourth-order valence-electron chi connectivity index (χ4n) is 2.28. The van der Waals surface area contributed by atoms with Gasteiger partial charge in [0.2, 0.25) is 11.8 Å². The van der Waals surface area contributed by atoms with E-state index in [2.05, 4.69) is 15.5 Å². The molecule has 0 bridgehead atoms. The van der Waals surface area contributed by atoms with Gasteiger partial charge in [-0.2, -0.15) is 0 Å². The van der Waals surface area contributed by atoms with E-state index >= 15 is 0 Å². The topological polar surface area (TPSA) is 89.4 Å². The number of benzene rings is 1. The molecule has 0 unspecified atom stereocenters. The summed E-state index contributed by atoms with van der Waals surface area (Å²) >= 11 is 1.28. The van der Waals surface area contributed by atoms with E-state index in [-0.39, 0.29) is 24.1 Å². The Bertz CT molecular complexity index is 750. The number of rotatable bonds is 9. The molecule has 0 aliphatic rings. The van der Waals surface area contributed by atoms with Crippen LogP contribution in [0.1, 0.15) is 13.8 Å². The number of thioether (sulfide) groups is 1. The Labute approximate surface area is 156 Å². The lowest BCUT2D eigenvalue weighted by molar-refractivity contribution is -0.133. The highest BCUT2D eigenvalue weighted by Crippen LogP contribution is 2.22. The van der Waals surface area contributed by atoms with Crippen LogP contribution in [0.3, 0.4) is 0 Å². The van der Waals surface area contributed by atoms with Gasteiger partial charge in [0.1, 0.15) is 12.1 Å². The van der Waals surface area contributed by atoms with Gasteiger partial charge in [0.15, 0.2) is 5.16 Å². The van der Waals surface area contributed by atoms with Gasteiger partial charge in [-0.1, -0.05) is 17.8 Å². The first kappa shape index (κ1) is 19.8. The molecule has 1 aromatic heterocycles. The molecule has 2 rings (SSSR count). The van der Waals surface area contributed by atoms with Crippen LogP contribution in [0.2, 0.25) is 0 Å². The summed E-state index contributed by atoms with van der Waals surface area (Å²) in [6.07, 6.45) is 1.59. The van der Waals surface area contributed by atoms with E-state index in [9.17, 15) is 9.59 Å². The Hall–Kier alpha value is -2.55. The highest BCUT2D eigenvalue weighted by molar-refractivity contribution is 7.99. The summed E-state index contributed by atoms with van der Waals surface area (Å²) in [7, 11) is 1.60. The highest BCUT2D eigenvalue weighted by Gasteiger charge is 2.17. The molecule has 0 fully saturated rings. The number of amides is 2. The lowest BCUT2D eigenvalue weighted by Crippen LogP contribution is -2.41. The molecule has 9 heteroatoms. The molecule has 140 valence electrons. The van der Waals surface area contributed by atoms with Crippen LogP contribution < -0.4 is 10.1 Å². The summed E-state index contributed by atoms with van der Waals surface area (Å²) in [5.41, 5.74) is 0.846. The van der Waals surface area contributed by atoms with Crippen LogP contribution in [0.15, 0.2) is 35.7 Å². The number of nitrogens with one attached hydrogen (secondary N) is 1. The molecule has 2 amide bonds. The fourth-order valence-corrected chi connectivity index (χ4v) is 3.11. The number of carbonyl (C=O) groups is 2. The second-order valence-corrected chi connectivity index (χ2v) is 6.28. The average molecular weight is 377 g/mol. The summed E-state index contributed by atoms with van der Waals surface area (Å²) in [6.45, 7) is 4.77. The quantitative estimate of drug-likeness (QED) is 0.664. The molecule has 8 nitrogen and oxygen atoms in total. The maximum atomic E-state index is 12.4. The number of aromatic nitrogens is 3. The van der Waals surface area contributed by atoms with Crippen LogP contribution in [0, 0.1) is 0 Å². The van der Waals surface area contributed by atoms with Crippen molar-refractivity contribution < 1.29 is 14.3 Å². The minimum Gasteiger partial charge on any atom is -0.497 e. The van der Waals surface area contributed by atoms with Crippen LogP contribution in [0.5, 0.6) is 5.75 Å². The number of likely N-dealkylation sites (N-methyl/N-ethyl adjacent to an activating group) is 2. The predicted molar refractivity (Wildman–Crippen MR) is 99.6 cm³/mol. The smallest absolute Gasteiger partial charge is 0.239 e. The average Bonchev–Trinajstić information content (AvgIpc) is 3.13. The van der Waals surface area contributed by atoms with E-state index in [1.165, 1.54) is 16.7 Å². The Morgan fingerprint density at radius 2 is 2.15 bits per heavy atom. The molecule has 0 atom stereocenters. The van der Waals surface area contributed by atoms with Crippen molar-refractivity contribution in [1.82, 2.24) is 25.0 Å². The highest BCUT2D eigenvalue weighted by atomic mass is 32.2. The molecule has 0 saturated carbocycles. The van der Waals surface area contributed by atoms with Gasteiger partial charge in [-0.25, -0.2) is 0 Å². The molecule has 0 aliphatic carbocycles. The first-order valence-corrected chi connectivity index (χ1v) is 9.29. The first-order chi connectivity index (χ1) is 12.6. The van der Waals surface area contributed by atoms with E-state index in [1.54, 1.807) is 18.0 Å². The molecule has 2 aromatic rings. The number of hydrogen-bond acceptors (Lipinski definition) is 6. The normalized spacial score (nSPS) is 10.4. The van der Waals surface area contributed by atoms with Crippen molar-refractivity contribution >= 4 is 23.6 Å². The van der Waals surface area contributed by atoms with Crippen LogP contribution >= 0.6 is 11.8 Å². The Kier molecular flexibility index (Phi) is 7.46. The summed E-state index contributed by atoms with van der Waals surface area (Å²) in [5, 5.41) is 11.3. The molecule has 1 N–H and O–H groups in total. The first-order valence-electron chi connectivity index (χ1n) is 8.30. The number of methoxy groups -OCH3 is 1. The second-order valence-electron chi connectivity index (χ2n) is 5.34. The Morgan fingerprint density at radius 1 is 1.35 bits per heavy atom. The monoisotopic (exact) mass is 377 g/mol. The number of nitrogens with zero attached hydrogens (tertiary/aromatic N) is 4. The maximum Gasteiger partial charge on any atom is 0.239 e. The van der Waals surface area contributed by atoms with Crippen LogP contribution in [-0.4, -0.2) is 64.0 Å². The van der Waals surface area contributed by atoms with Gasteiger partial charge in [-0.15, -0.1) is 10.2 Å². The van der Waals surface area contributed by atoms with Crippen LogP contribution in [-0.2, 0) is 9.59 Å². The number of hydrogen-bond donors (Lipinski definition) is 1. The summed E-state index contributed by atoms with van der Waals surface area (Å²) in [4.78, 5) is 25.6. The number of ether oxygens (including phenoxy) is 1. The second kappa shape index (κ2) is 9.81. The zero-order chi connectivity index (χ0) is 18.9. The summed E-state index contributed by atoms with van der Waals surface area (Å²) < 4.78 is 7.03. The third kappa shape index (κ3) is 5.22. The van der Waals surface area contributed by atoms with Gasteiger partial charge in [0.25, 0.3) is 0 Å². The Balaban J connectivity index is 2.02. The van der Waals surface area contributed by atoms with Gasteiger partial charge < -0.3 is 15.0 Å². The minimum atomic E-state index is -0.160. The zero-order valence-corrected chi connectivity index (χ0v) is 16.0. The number of carbonyl (C=O) groups excluding carboxylic acids is 2. The van der Waals surface area contributed by atoms with Crippen LogP contribution in [0.25, 0.3) is 5.69 Å². The third-order valence-corrected chi connectivity index (χ3v) is 4.54. The standard InChI is InChI=1S/C17H23N5O3S/c1-4-18-15(23)10-21(5-2)16(24)11-26-17-20-19-12-22(17)13-7-6-8-14(9-13)25-3/h6-9,12H,4-5,10-11H2,1-3H3,(H,18,23). The van der Waals surface area contributed by atoms with E-state index in [0.717, 1.165) is 11.4 Å². The zero-order valence-electron chi connectivity index (χ0n) is 15.1. The van der Waals surface area contributed by atoms with Gasteiger partial charge in [0, 0.05) is 19.2 Å². The molecule has 1 heterocycles. The molecule has 0 spiro atoms. The van der Waals surface area contributed by atoms with E-state index in [1.807, 2.05) is 38.1 Å². The van der Waals surface area contributed by atoms with Gasteiger partial charge in [0.05, 0.1) is 25.1 Å². The largest absolute Gasteiger partial charge is 0.497 e. The van der Waals surface area contributed by atoms with E-state index < -0.39 is 0 Å². The molecule has 0 aliphatic heterocycles. The maximum absolute atomic E-state index is 12.4. The predicted octanol–water partition coefficient (Wildman–Crippen LogP) is 1.35. The lowest BCUT2D eigenvalue weighted by Gasteiger charge is -2.19. The molecule has 0 saturated heterocycles. The van der Waals surface area contributed by atoms with Crippen molar-refractivity contribution in [2.24, 2.45) is 0 Å². The SMILES string of the molecule is CCNC(=O)CN(CC)C(=O)CSc1nncn1-c1cccc(OC)c1.